The van der Waals surface area contributed by atoms with Gasteiger partial charge < -0.3 is 10.1 Å². The summed E-state index contributed by atoms with van der Waals surface area (Å²) in [7, 11) is 1.67. The van der Waals surface area contributed by atoms with Gasteiger partial charge in [-0.05, 0) is 38.8 Å². The van der Waals surface area contributed by atoms with Crippen LogP contribution in [0.3, 0.4) is 0 Å². The fourth-order valence-corrected chi connectivity index (χ4v) is 2.03. The molecule has 1 amide bonds. The molecule has 20 heavy (non-hydrogen) atoms. The Hall–Kier alpha value is -1.35. The molecule has 0 atom stereocenters. The van der Waals surface area contributed by atoms with Gasteiger partial charge in [0.15, 0.2) is 0 Å². The molecular weight excluding hydrogens is 250 g/mol. The molecule has 0 aromatic heterocycles. The zero-order valence-electron chi connectivity index (χ0n) is 13.7. The number of nitrogens with one attached hydrogen (secondary N) is 1. The molecule has 0 fully saturated rings. The first-order valence-electron chi connectivity index (χ1n) is 7.04. The summed E-state index contributed by atoms with van der Waals surface area (Å²) in [6, 6.07) is 0. The number of methoxy groups -OCH3 is 1. The Bertz CT molecular complexity index is 390. The highest BCUT2D eigenvalue weighted by Gasteiger charge is 2.34. The van der Waals surface area contributed by atoms with E-state index in [1.54, 1.807) is 19.3 Å². The van der Waals surface area contributed by atoms with E-state index in [1.165, 1.54) is 0 Å². The fourth-order valence-electron chi connectivity index (χ4n) is 2.03. The van der Waals surface area contributed by atoms with Gasteiger partial charge in [0, 0.05) is 18.2 Å². The Morgan fingerprint density at radius 1 is 1.30 bits per heavy atom. The van der Waals surface area contributed by atoms with Crippen molar-refractivity contribution < 1.29 is 9.53 Å². The van der Waals surface area contributed by atoms with E-state index in [-0.39, 0.29) is 11.5 Å². The van der Waals surface area contributed by atoms with Crippen LogP contribution in [0, 0.1) is 5.41 Å². The lowest BCUT2D eigenvalue weighted by Crippen LogP contribution is -2.41. The molecule has 0 aromatic rings. The van der Waals surface area contributed by atoms with Gasteiger partial charge in [-0.15, -0.1) is 0 Å². The number of ether oxygens (including phenoxy) is 1. The third-order valence-corrected chi connectivity index (χ3v) is 3.12. The monoisotopic (exact) mass is 279 g/mol. The molecule has 114 valence electrons. The summed E-state index contributed by atoms with van der Waals surface area (Å²) in [5, 5.41) is 2.95. The maximum Gasteiger partial charge on any atom is 0.230 e. The van der Waals surface area contributed by atoms with Gasteiger partial charge in [-0.1, -0.05) is 39.5 Å². The SMILES string of the molecule is C=C/C=C(\C=C/CC)NC(=O)C(C)(C)CC(C)(C)OC. The van der Waals surface area contributed by atoms with E-state index >= 15 is 0 Å². The third-order valence-electron chi connectivity index (χ3n) is 3.12. The Balaban J connectivity index is 4.91. The summed E-state index contributed by atoms with van der Waals surface area (Å²) < 4.78 is 5.42. The Kier molecular flexibility index (Phi) is 7.51. The average Bonchev–Trinajstić information content (AvgIpc) is 2.35. The van der Waals surface area contributed by atoms with Crippen LogP contribution in [-0.4, -0.2) is 18.6 Å². The lowest BCUT2D eigenvalue weighted by atomic mass is 9.81. The Labute approximate surface area is 123 Å². The maximum absolute atomic E-state index is 12.4. The summed E-state index contributed by atoms with van der Waals surface area (Å²) in [6.07, 6.45) is 8.92. The second-order valence-electron chi connectivity index (χ2n) is 6.15. The Morgan fingerprint density at radius 2 is 1.90 bits per heavy atom. The molecular formula is C17H29NO2. The van der Waals surface area contributed by atoms with Gasteiger partial charge in [-0.2, -0.15) is 0 Å². The van der Waals surface area contributed by atoms with Crippen molar-refractivity contribution >= 4 is 5.91 Å². The largest absolute Gasteiger partial charge is 0.379 e. The topological polar surface area (TPSA) is 38.3 Å². The van der Waals surface area contributed by atoms with Gasteiger partial charge in [-0.3, -0.25) is 4.79 Å². The average molecular weight is 279 g/mol. The Morgan fingerprint density at radius 3 is 2.35 bits per heavy atom. The lowest BCUT2D eigenvalue weighted by Gasteiger charge is -2.33. The normalized spacial score (nSPS) is 13.6. The van der Waals surface area contributed by atoms with Crippen LogP contribution in [-0.2, 0) is 9.53 Å². The number of allylic oxidation sites excluding steroid dienone is 4. The first-order valence-corrected chi connectivity index (χ1v) is 7.04. The fraction of sp³-hybridized carbons (Fsp3) is 0.588. The predicted octanol–water partition coefficient (Wildman–Crippen LogP) is 3.98. The predicted molar refractivity (Wildman–Crippen MR) is 85.3 cm³/mol. The molecule has 0 aliphatic rings. The van der Waals surface area contributed by atoms with Crippen LogP contribution in [0.5, 0.6) is 0 Å². The molecule has 0 heterocycles. The minimum atomic E-state index is -0.514. The van der Waals surface area contributed by atoms with Crippen molar-refractivity contribution in [3.63, 3.8) is 0 Å². The number of hydrogen-bond acceptors (Lipinski definition) is 2. The first-order chi connectivity index (χ1) is 9.18. The molecule has 0 saturated heterocycles. The van der Waals surface area contributed by atoms with E-state index in [4.69, 9.17) is 4.74 Å². The van der Waals surface area contributed by atoms with Crippen molar-refractivity contribution in [2.24, 2.45) is 5.41 Å². The van der Waals surface area contributed by atoms with Crippen molar-refractivity contribution in [2.45, 2.75) is 53.1 Å². The molecule has 0 aliphatic heterocycles. The minimum Gasteiger partial charge on any atom is -0.379 e. The van der Waals surface area contributed by atoms with Crippen LogP contribution in [0.4, 0.5) is 0 Å². The highest BCUT2D eigenvalue weighted by atomic mass is 16.5. The third kappa shape index (κ3) is 6.71. The molecule has 0 rings (SSSR count). The van der Waals surface area contributed by atoms with Crippen LogP contribution in [0.2, 0.25) is 0 Å². The number of rotatable bonds is 8. The molecule has 0 saturated carbocycles. The zero-order valence-corrected chi connectivity index (χ0v) is 13.7. The van der Waals surface area contributed by atoms with Gasteiger partial charge in [-0.25, -0.2) is 0 Å². The van der Waals surface area contributed by atoms with Crippen LogP contribution >= 0.6 is 0 Å². The van der Waals surface area contributed by atoms with E-state index in [0.29, 0.717) is 6.42 Å². The van der Waals surface area contributed by atoms with E-state index in [2.05, 4.69) is 18.8 Å². The molecule has 1 N–H and O–H groups in total. The van der Waals surface area contributed by atoms with Crippen molar-refractivity contribution in [1.82, 2.24) is 5.32 Å². The molecule has 0 aliphatic carbocycles. The number of carbonyl (C=O) groups excluding carboxylic acids is 1. The second-order valence-corrected chi connectivity index (χ2v) is 6.15. The highest BCUT2D eigenvalue weighted by molar-refractivity contribution is 5.84. The van der Waals surface area contributed by atoms with E-state index in [0.717, 1.165) is 12.1 Å². The second kappa shape index (κ2) is 8.05. The maximum atomic E-state index is 12.4. The minimum absolute atomic E-state index is 0.0171. The summed E-state index contributed by atoms with van der Waals surface area (Å²) in [4.78, 5) is 12.4. The molecule has 0 radical (unpaired) electrons. The smallest absolute Gasteiger partial charge is 0.230 e. The molecule has 3 heteroatoms. The van der Waals surface area contributed by atoms with Crippen molar-refractivity contribution in [1.29, 1.82) is 0 Å². The van der Waals surface area contributed by atoms with Gasteiger partial charge in [0.25, 0.3) is 0 Å². The summed E-state index contributed by atoms with van der Waals surface area (Å²) in [5.41, 5.74) is -0.0856. The summed E-state index contributed by atoms with van der Waals surface area (Å²) in [5.74, 6) is -0.0171. The standard InChI is InChI=1S/C17H29NO2/c1-8-10-12-14(11-9-2)18-15(19)16(3,4)13-17(5,6)20-7/h9-12H,2,8,13H2,1,3-7H3,(H,18,19)/b12-10-,14-11+. The molecule has 0 aromatic carbocycles. The van der Waals surface area contributed by atoms with E-state index in [1.807, 2.05) is 39.8 Å². The molecule has 0 unspecified atom stereocenters. The van der Waals surface area contributed by atoms with Crippen molar-refractivity contribution in [2.75, 3.05) is 7.11 Å². The van der Waals surface area contributed by atoms with Crippen molar-refractivity contribution in [3.05, 3.63) is 36.6 Å². The van der Waals surface area contributed by atoms with E-state index < -0.39 is 5.41 Å². The van der Waals surface area contributed by atoms with Gasteiger partial charge >= 0.3 is 0 Å². The van der Waals surface area contributed by atoms with E-state index in [9.17, 15) is 4.79 Å². The highest BCUT2D eigenvalue weighted by Crippen LogP contribution is 2.30. The van der Waals surface area contributed by atoms with Gasteiger partial charge in [0.05, 0.1) is 5.60 Å². The molecule has 3 nitrogen and oxygen atoms in total. The van der Waals surface area contributed by atoms with Crippen LogP contribution in [0.25, 0.3) is 0 Å². The van der Waals surface area contributed by atoms with Crippen LogP contribution < -0.4 is 5.32 Å². The van der Waals surface area contributed by atoms with Crippen LogP contribution in [0.15, 0.2) is 36.6 Å². The van der Waals surface area contributed by atoms with Gasteiger partial charge in [0.1, 0.15) is 0 Å². The lowest BCUT2D eigenvalue weighted by molar-refractivity contribution is -0.132. The number of hydrogen-bond donors (Lipinski definition) is 1. The molecule has 0 bridgehead atoms. The summed E-state index contributed by atoms with van der Waals surface area (Å²) >= 11 is 0. The number of carbonyl (C=O) groups is 1. The quantitative estimate of drug-likeness (QED) is 0.682. The number of amides is 1. The van der Waals surface area contributed by atoms with Crippen molar-refractivity contribution in [3.8, 4) is 0 Å². The zero-order chi connectivity index (χ0) is 15.8. The van der Waals surface area contributed by atoms with Crippen LogP contribution in [0.1, 0.15) is 47.5 Å². The first kappa shape index (κ1) is 18.7. The molecule has 0 spiro atoms. The summed E-state index contributed by atoms with van der Waals surface area (Å²) in [6.45, 7) is 13.5. The van der Waals surface area contributed by atoms with Gasteiger partial charge in [0.2, 0.25) is 5.91 Å².